The first kappa shape index (κ1) is 16.7. The molecule has 0 aliphatic carbocycles. The Kier molecular flexibility index (Phi) is 5.91. The van der Waals surface area contributed by atoms with E-state index in [-0.39, 0.29) is 6.41 Å². The predicted molar refractivity (Wildman–Crippen MR) is 92.7 cm³/mol. The summed E-state index contributed by atoms with van der Waals surface area (Å²) in [4.78, 5) is 15.6. The lowest BCUT2D eigenvalue weighted by atomic mass is 10.2. The van der Waals surface area contributed by atoms with Crippen molar-refractivity contribution in [3.63, 3.8) is 0 Å². The van der Waals surface area contributed by atoms with Crippen LogP contribution in [0.25, 0.3) is 12.2 Å². The normalized spacial score (nSPS) is 17.1. The maximum atomic E-state index is 8.58. The highest BCUT2D eigenvalue weighted by Crippen LogP contribution is 2.23. The fraction of sp³-hybridized carbons (Fsp3) is 0.353. The molecule has 1 atom stereocenters. The van der Waals surface area contributed by atoms with Crippen LogP contribution >= 0.6 is 0 Å². The minimum absolute atomic E-state index is 0.250. The molecule has 1 aromatic carbocycles. The first-order valence-corrected chi connectivity index (χ1v) is 7.72. The standard InChI is InChI=1S/C16H20N4.CH3NO/c1-13-7-6-12-20(13)16-17-15(18-19(16)2)11-10-14-8-4-3-5-9-14;2-1-3/h3-5,8-11,13H,6-7,12H2,1-2H3;1H,(H2,2,3)/b11-10+;/t13-;/m1./s1. The van der Waals surface area contributed by atoms with E-state index in [1.165, 1.54) is 12.8 Å². The van der Waals surface area contributed by atoms with Crippen LogP contribution in [0.15, 0.2) is 30.3 Å². The summed E-state index contributed by atoms with van der Waals surface area (Å²) >= 11 is 0. The molecule has 1 aromatic heterocycles. The van der Waals surface area contributed by atoms with Crippen LogP contribution in [0.1, 0.15) is 31.2 Å². The van der Waals surface area contributed by atoms with Gasteiger partial charge in [0, 0.05) is 19.6 Å². The first-order valence-electron chi connectivity index (χ1n) is 7.72. The highest BCUT2D eigenvalue weighted by molar-refractivity contribution is 5.66. The third-order valence-corrected chi connectivity index (χ3v) is 3.79. The molecule has 0 spiro atoms. The minimum atomic E-state index is 0.250. The molecule has 0 radical (unpaired) electrons. The summed E-state index contributed by atoms with van der Waals surface area (Å²) < 4.78 is 1.88. The van der Waals surface area contributed by atoms with Crippen molar-refractivity contribution in [2.75, 3.05) is 11.4 Å². The fourth-order valence-electron chi connectivity index (χ4n) is 2.68. The molecule has 1 aliphatic heterocycles. The fourth-order valence-corrected chi connectivity index (χ4v) is 2.68. The van der Waals surface area contributed by atoms with Crippen molar-refractivity contribution in [1.29, 1.82) is 0 Å². The van der Waals surface area contributed by atoms with Crippen molar-refractivity contribution in [3.05, 3.63) is 41.7 Å². The average molecular weight is 313 g/mol. The molecule has 1 saturated heterocycles. The van der Waals surface area contributed by atoms with Crippen LogP contribution in [0.2, 0.25) is 0 Å². The molecule has 2 N–H and O–H groups in total. The van der Waals surface area contributed by atoms with Gasteiger partial charge in [0.25, 0.3) is 0 Å². The van der Waals surface area contributed by atoms with Gasteiger partial charge in [-0.15, -0.1) is 0 Å². The topological polar surface area (TPSA) is 77.0 Å². The Hall–Kier alpha value is -2.63. The third-order valence-electron chi connectivity index (χ3n) is 3.79. The molecule has 1 aliphatic rings. The lowest BCUT2D eigenvalue weighted by Gasteiger charge is -2.21. The summed E-state index contributed by atoms with van der Waals surface area (Å²) in [5, 5.41) is 4.48. The van der Waals surface area contributed by atoms with E-state index < -0.39 is 0 Å². The van der Waals surface area contributed by atoms with Gasteiger partial charge < -0.3 is 10.6 Å². The summed E-state index contributed by atoms with van der Waals surface area (Å²) in [6.07, 6.45) is 6.75. The number of amides is 1. The van der Waals surface area contributed by atoms with Crippen LogP contribution in [0.3, 0.4) is 0 Å². The molecule has 0 bridgehead atoms. The Morgan fingerprint density at radius 1 is 1.26 bits per heavy atom. The zero-order valence-corrected chi connectivity index (χ0v) is 13.6. The SMILES string of the molecule is C[C@@H]1CCCN1c1nc(/C=C/c2ccccc2)nn1C.NC=O. The van der Waals surface area contributed by atoms with Gasteiger partial charge in [0.05, 0.1) is 0 Å². The van der Waals surface area contributed by atoms with Gasteiger partial charge in [0.1, 0.15) is 0 Å². The number of primary amides is 1. The van der Waals surface area contributed by atoms with Gasteiger partial charge in [-0.3, -0.25) is 4.79 Å². The molecule has 2 aromatic rings. The Balaban J connectivity index is 0.000000595. The zero-order valence-electron chi connectivity index (χ0n) is 13.6. The molecule has 122 valence electrons. The highest BCUT2D eigenvalue weighted by Gasteiger charge is 2.24. The Bertz CT molecular complexity index is 650. The lowest BCUT2D eigenvalue weighted by molar-refractivity contribution is -0.106. The van der Waals surface area contributed by atoms with Gasteiger partial charge >= 0.3 is 0 Å². The summed E-state index contributed by atoms with van der Waals surface area (Å²) in [5.41, 5.74) is 5.33. The van der Waals surface area contributed by atoms with E-state index in [1.54, 1.807) is 0 Å². The Morgan fingerprint density at radius 3 is 2.57 bits per heavy atom. The van der Waals surface area contributed by atoms with Crippen LogP contribution in [0.4, 0.5) is 5.95 Å². The van der Waals surface area contributed by atoms with Gasteiger partial charge in [0.15, 0.2) is 5.82 Å². The van der Waals surface area contributed by atoms with E-state index in [0.717, 1.165) is 23.9 Å². The molecular weight excluding hydrogens is 290 g/mol. The van der Waals surface area contributed by atoms with Crippen molar-refractivity contribution >= 4 is 24.5 Å². The van der Waals surface area contributed by atoms with Crippen molar-refractivity contribution in [3.8, 4) is 0 Å². The van der Waals surface area contributed by atoms with Crippen molar-refractivity contribution in [2.24, 2.45) is 12.8 Å². The number of aromatic nitrogens is 3. The zero-order chi connectivity index (χ0) is 16.7. The van der Waals surface area contributed by atoms with Crippen molar-refractivity contribution in [2.45, 2.75) is 25.8 Å². The second kappa shape index (κ2) is 8.12. The number of hydrogen-bond acceptors (Lipinski definition) is 4. The highest BCUT2D eigenvalue weighted by atomic mass is 16.1. The van der Waals surface area contributed by atoms with Crippen molar-refractivity contribution in [1.82, 2.24) is 14.8 Å². The van der Waals surface area contributed by atoms with Gasteiger partial charge in [-0.1, -0.05) is 36.4 Å². The lowest BCUT2D eigenvalue weighted by Crippen LogP contribution is -2.28. The summed E-state index contributed by atoms with van der Waals surface area (Å²) in [7, 11) is 1.97. The van der Waals surface area contributed by atoms with Gasteiger partial charge in [-0.05, 0) is 31.4 Å². The molecular formula is C17H23N5O. The van der Waals surface area contributed by atoms with Crippen LogP contribution in [-0.2, 0) is 11.8 Å². The van der Waals surface area contributed by atoms with Crippen molar-refractivity contribution < 1.29 is 4.79 Å². The summed E-state index contributed by atoms with van der Waals surface area (Å²) in [5.74, 6) is 1.74. The number of anilines is 1. The monoisotopic (exact) mass is 313 g/mol. The number of nitrogens with zero attached hydrogens (tertiary/aromatic N) is 4. The van der Waals surface area contributed by atoms with E-state index >= 15 is 0 Å². The van der Waals surface area contributed by atoms with Crippen LogP contribution in [-0.4, -0.2) is 33.8 Å². The number of hydrogen-bond donors (Lipinski definition) is 1. The van der Waals surface area contributed by atoms with Crippen LogP contribution < -0.4 is 10.6 Å². The van der Waals surface area contributed by atoms with E-state index in [1.807, 2.05) is 42.1 Å². The largest absolute Gasteiger partial charge is 0.372 e. The third kappa shape index (κ3) is 4.42. The molecule has 1 fully saturated rings. The molecule has 2 heterocycles. The van der Waals surface area contributed by atoms with Gasteiger partial charge in [-0.25, -0.2) is 4.68 Å². The van der Waals surface area contributed by atoms with E-state index in [2.05, 4.69) is 39.8 Å². The molecule has 0 unspecified atom stereocenters. The first-order chi connectivity index (χ1) is 11.2. The van der Waals surface area contributed by atoms with Gasteiger partial charge in [-0.2, -0.15) is 10.1 Å². The van der Waals surface area contributed by atoms with E-state index in [4.69, 9.17) is 4.79 Å². The van der Waals surface area contributed by atoms with Crippen LogP contribution in [0.5, 0.6) is 0 Å². The number of carbonyl (C=O) groups is 1. The number of aryl methyl sites for hydroxylation is 1. The Morgan fingerprint density at radius 2 is 1.96 bits per heavy atom. The smallest absolute Gasteiger partial charge is 0.224 e. The maximum absolute atomic E-state index is 8.58. The number of rotatable bonds is 3. The number of nitrogens with two attached hydrogens (primary N) is 1. The van der Waals surface area contributed by atoms with Crippen LogP contribution in [0, 0.1) is 0 Å². The summed E-state index contributed by atoms with van der Waals surface area (Å²) in [6.45, 7) is 3.33. The molecule has 23 heavy (non-hydrogen) atoms. The van der Waals surface area contributed by atoms with Gasteiger partial charge in [0.2, 0.25) is 12.4 Å². The predicted octanol–water partition coefficient (Wildman–Crippen LogP) is 2.08. The number of benzene rings is 1. The molecule has 6 heteroatoms. The molecule has 3 rings (SSSR count). The average Bonchev–Trinajstić information content (AvgIpc) is 3.12. The second-order valence-electron chi connectivity index (χ2n) is 5.46. The molecule has 1 amide bonds. The minimum Gasteiger partial charge on any atom is -0.372 e. The number of carbonyl (C=O) groups excluding carboxylic acids is 1. The molecule has 0 saturated carbocycles. The molecule has 6 nitrogen and oxygen atoms in total. The quantitative estimate of drug-likeness (QED) is 0.880. The maximum Gasteiger partial charge on any atom is 0.224 e. The second-order valence-corrected chi connectivity index (χ2v) is 5.46. The summed E-state index contributed by atoms with van der Waals surface area (Å²) in [6, 6.07) is 10.8. The van der Waals surface area contributed by atoms with E-state index in [0.29, 0.717) is 6.04 Å². The Labute approximate surface area is 136 Å². The van der Waals surface area contributed by atoms with E-state index in [9.17, 15) is 0 Å².